The van der Waals surface area contributed by atoms with Gasteiger partial charge in [-0.1, -0.05) is 23.4 Å². The van der Waals surface area contributed by atoms with Crippen molar-refractivity contribution in [2.75, 3.05) is 31.5 Å². The van der Waals surface area contributed by atoms with E-state index in [-0.39, 0.29) is 11.9 Å². The number of carbonyl (C=O) groups excluding carboxylic acids is 2. The highest BCUT2D eigenvalue weighted by Crippen LogP contribution is 2.11. The predicted octanol–water partition coefficient (Wildman–Crippen LogP) is 1.97. The molecule has 1 aromatic heterocycles. The zero-order valence-electron chi connectivity index (χ0n) is 12.9. The summed E-state index contributed by atoms with van der Waals surface area (Å²) in [6.45, 7) is 3.76. The Morgan fingerprint density at radius 2 is 1.74 bits per heavy atom. The van der Waals surface area contributed by atoms with Gasteiger partial charge in [0.1, 0.15) is 5.76 Å². The van der Waals surface area contributed by atoms with Gasteiger partial charge >= 0.3 is 6.03 Å². The van der Waals surface area contributed by atoms with E-state index in [0.29, 0.717) is 43.3 Å². The molecule has 7 nitrogen and oxygen atoms in total. The van der Waals surface area contributed by atoms with Crippen molar-refractivity contribution >= 4 is 17.8 Å². The number of hydrogen-bond acceptors (Lipinski definition) is 4. The van der Waals surface area contributed by atoms with Crippen molar-refractivity contribution in [1.29, 1.82) is 0 Å². The Morgan fingerprint density at radius 3 is 2.35 bits per heavy atom. The molecule has 1 N–H and O–H groups in total. The minimum atomic E-state index is -0.231. The lowest BCUT2D eigenvalue weighted by Gasteiger charge is -2.34. The van der Waals surface area contributed by atoms with E-state index in [9.17, 15) is 9.59 Å². The first kappa shape index (κ1) is 15.1. The molecule has 7 heteroatoms. The van der Waals surface area contributed by atoms with Crippen LogP contribution in [0.15, 0.2) is 40.9 Å². The van der Waals surface area contributed by atoms with Crippen LogP contribution in [0.3, 0.4) is 0 Å². The Kier molecular flexibility index (Phi) is 4.27. The Bertz CT molecular complexity index is 690. The number of anilines is 1. The molecule has 120 valence electrons. The monoisotopic (exact) mass is 314 g/mol. The molecule has 1 aliphatic rings. The molecule has 2 aromatic rings. The van der Waals surface area contributed by atoms with Gasteiger partial charge in [-0.2, -0.15) is 0 Å². The molecule has 1 aromatic carbocycles. The van der Waals surface area contributed by atoms with Crippen LogP contribution in [-0.4, -0.2) is 53.1 Å². The van der Waals surface area contributed by atoms with E-state index in [1.165, 1.54) is 0 Å². The Hall–Kier alpha value is -2.83. The summed E-state index contributed by atoms with van der Waals surface area (Å²) in [5.41, 5.74) is 0.670. The summed E-state index contributed by atoms with van der Waals surface area (Å²) in [6.07, 6.45) is 0. The van der Waals surface area contributed by atoms with Crippen LogP contribution >= 0.6 is 0 Å². The van der Waals surface area contributed by atoms with E-state index in [2.05, 4.69) is 10.5 Å². The third-order valence-corrected chi connectivity index (χ3v) is 3.74. The molecule has 0 radical (unpaired) electrons. The van der Waals surface area contributed by atoms with E-state index >= 15 is 0 Å². The number of rotatable bonds is 2. The highest BCUT2D eigenvalue weighted by Gasteiger charge is 2.25. The lowest BCUT2D eigenvalue weighted by Crippen LogP contribution is -2.51. The van der Waals surface area contributed by atoms with Gasteiger partial charge in [0.05, 0.1) is 0 Å². The van der Waals surface area contributed by atoms with Crippen molar-refractivity contribution in [1.82, 2.24) is 15.0 Å². The van der Waals surface area contributed by atoms with Gasteiger partial charge in [-0.25, -0.2) is 4.79 Å². The normalized spacial score (nSPS) is 14.7. The first-order chi connectivity index (χ1) is 11.1. The van der Waals surface area contributed by atoms with Gasteiger partial charge in [0.2, 0.25) is 0 Å². The summed E-state index contributed by atoms with van der Waals surface area (Å²) in [5.74, 6) is 1.03. The molecule has 0 spiro atoms. The smallest absolute Gasteiger partial charge is 0.323 e. The van der Waals surface area contributed by atoms with Crippen molar-refractivity contribution in [2.24, 2.45) is 0 Å². The quantitative estimate of drug-likeness (QED) is 0.919. The fraction of sp³-hybridized carbons (Fsp3) is 0.312. The number of benzene rings is 1. The van der Waals surface area contributed by atoms with Crippen LogP contribution in [0, 0.1) is 6.92 Å². The minimum Gasteiger partial charge on any atom is -0.360 e. The maximum atomic E-state index is 12.4. The first-order valence-electron chi connectivity index (χ1n) is 7.47. The van der Waals surface area contributed by atoms with Crippen LogP contribution in [0.5, 0.6) is 0 Å². The third-order valence-electron chi connectivity index (χ3n) is 3.74. The number of amides is 3. The molecule has 0 unspecified atom stereocenters. The number of carbonyl (C=O) groups is 2. The van der Waals surface area contributed by atoms with Gasteiger partial charge in [0.25, 0.3) is 5.91 Å². The fourth-order valence-electron chi connectivity index (χ4n) is 2.49. The minimum absolute atomic E-state index is 0.00205. The standard InChI is InChI=1S/C16H18N4O3/c1-12-11-14(18-23-12)17-16(22)20-9-7-19(8-10-20)15(21)13-5-3-2-4-6-13/h2-6,11H,7-10H2,1H3,(H,17,18,22). The van der Waals surface area contributed by atoms with Gasteiger partial charge in [0, 0.05) is 37.8 Å². The summed E-state index contributed by atoms with van der Waals surface area (Å²) in [4.78, 5) is 27.9. The third kappa shape index (κ3) is 3.50. The van der Waals surface area contributed by atoms with E-state index < -0.39 is 0 Å². The van der Waals surface area contributed by atoms with E-state index in [4.69, 9.17) is 4.52 Å². The molecule has 0 bridgehead atoms. The van der Waals surface area contributed by atoms with Crippen LogP contribution in [-0.2, 0) is 0 Å². The Labute approximate surface area is 133 Å². The lowest BCUT2D eigenvalue weighted by atomic mass is 10.2. The molecule has 2 heterocycles. The second-order valence-corrected chi connectivity index (χ2v) is 5.40. The van der Waals surface area contributed by atoms with Gasteiger partial charge in [-0.05, 0) is 19.1 Å². The van der Waals surface area contributed by atoms with Crippen molar-refractivity contribution in [2.45, 2.75) is 6.92 Å². The molecule has 0 saturated carbocycles. The zero-order valence-corrected chi connectivity index (χ0v) is 12.9. The van der Waals surface area contributed by atoms with Crippen molar-refractivity contribution in [3.63, 3.8) is 0 Å². The molecule has 1 fully saturated rings. The molecule has 3 amide bonds. The number of urea groups is 1. The van der Waals surface area contributed by atoms with Gasteiger partial charge in [-0.3, -0.25) is 10.1 Å². The average Bonchev–Trinajstić information content (AvgIpc) is 3.00. The molecule has 1 saturated heterocycles. The SMILES string of the molecule is Cc1cc(NC(=O)N2CCN(C(=O)c3ccccc3)CC2)no1. The van der Waals surface area contributed by atoms with Crippen LogP contribution in [0.4, 0.5) is 10.6 Å². The predicted molar refractivity (Wildman–Crippen MR) is 84.2 cm³/mol. The van der Waals surface area contributed by atoms with E-state index in [1.807, 2.05) is 18.2 Å². The molecule has 0 atom stereocenters. The second kappa shape index (κ2) is 6.51. The van der Waals surface area contributed by atoms with Gasteiger partial charge < -0.3 is 14.3 Å². The average molecular weight is 314 g/mol. The van der Waals surface area contributed by atoms with Crippen LogP contribution in [0.1, 0.15) is 16.1 Å². The number of nitrogens with one attached hydrogen (secondary N) is 1. The zero-order chi connectivity index (χ0) is 16.2. The maximum absolute atomic E-state index is 12.4. The van der Waals surface area contributed by atoms with Crippen LogP contribution in [0.25, 0.3) is 0 Å². The Balaban J connectivity index is 1.54. The van der Waals surface area contributed by atoms with Crippen molar-refractivity contribution < 1.29 is 14.1 Å². The Morgan fingerprint density at radius 1 is 1.09 bits per heavy atom. The largest absolute Gasteiger partial charge is 0.360 e. The summed E-state index contributed by atoms with van der Waals surface area (Å²) in [7, 11) is 0. The van der Waals surface area contributed by atoms with Crippen molar-refractivity contribution in [3.8, 4) is 0 Å². The van der Waals surface area contributed by atoms with Gasteiger partial charge in [0.15, 0.2) is 5.82 Å². The number of aryl methyl sites for hydroxylation is 1. The molecule has 23 heavy (non-hydrogen) atoms. The summed E-state index contributed by atoms with van der Waals surface area (Å²) >= 11 is 0. The van der Waals surface area contributed by atoms with Crippen LogP contribution < -0.4 is 5.32 Å². The lowest BCUT2D eigenvalue weighted by molar-refractivity contribution is 0.0671. The molecular weight excluding hydrogens is 296 g/mol. The number of piperazine rings is 1. The van der Waals surface area contributed by atoms with E-state index in [1.54, 1.807) is 34.9 Å². The topological polar surface area (TPSA) is 78.7 Å². The summed E-state index contributed by atoms with van der Waals surface area (Å²) in [5, 5.41) is 6.42. The van der Waals surface area contributed by atoms with Crippen molar-refractivity contribution in [3.05, 3.63) is 47.7 Å². The number of nitrogens with zero attached hydrogens (tertiary/aromatic N) is 3. The number of aromatic nitrogens is 1. The highest BCUT2D eigenvalue weighted by molar-refractivity contribution is 5.94. The fourth-order valence-corrected chi connectivity index (χ4v) is 2.49. The highest BCUT2D eigenvalue weighted by atomic mass is 16.5. The molecule has 0 aliphatic carbocycles. The molecule has 3 rings (SSSR count). The van der Waals surface area contributed by atoms with Crippen LogP contribution in [0.2, 0.25) is 0 Å². The molecular formula is C16H18N4O3. The molecule has 1 aliphatic heterocycles. The first-order valence-corrected chi connectivity index (χ1v) is 7.47. The summed E-state index contributed by atoms with van der Waals surface area (Å²) in [6, 6.07) is 10.6. The van der Waals surface area contributed by atoms with Gasteiger partial charge in [-0.15, -0.1) is 0 Å². The number of hydrogen-bond donors (Lipinski definition) is 1. The summed E-state index contributed by atoms with van der Waals surface area (Å²) < 4.78 is 4.91. The second-order valence-electron chi connectivity index (χ2n) is 5.40. The maximum Gasteiger partial charge on any atom is 0.323 e. The van der Waals surface area contributed by atoms with E-state index in [0.717, 1.165) is 0 Å².